The number of aromatic carboxylic acids is 1. The van der Waals surface area contributed by atoms with E-state index in [2.05, 4.69) is 0 Å². The minimum Gasteiger partial charge on any atom is -0.478 e. The van der Waals surface area contributed by atoms with Gasteiger partial charge in [0.05, 0.1) is 42.7 Å². The van der Waals surface area contributed by atoms with E-state index >= 15 is 0 Å². The van der Waals surface area contributed by atoms with Crippen LogP contribution in [0.1, 0.15) is 15.9 Å². The Labute approximate surface area is 148 Å². The Morgan fingerprint density at radius 2 is 1.81 bits per heavy atom. The summed E-state index contributed by atoms with van der Waals surface area (Å²) in [4.78, 5) is 37.2. The van der Waals surface area contributed by atoms with Gasteiger partial charge in [0.2, 0.25) is 0 Å². The molecule has 0 aromatic heterocycles. The Morgan fingerprint density at radius 1 is 1.12 bits per heavy atom. The number of carboxylic acids is 1. The molecule has 0 saturated carbocycles. The standard InChI is InChI=1S/C18H14N2O6/c1-25-17(23)13-5-3-4-8-20(15(13)18(24)26-2)14-9-11(10-19)6-7-12(14)16(21)22/h3-9H,1-2H3,(H,21,22). The lowest BCUT2D eigenvalue weighted by Gasteiger charge is -2.24. The zero-order chi connectivity index (χ0) is 19.3. The number of carbonyl (C=O) groups is 3. The summed E-state index contributed by atoms with van der Waals surface area (Å²) >= 11 is 0. The summed E-state index contributed by atoms with van der Waals surface area (Å²) in [5.74, 6) is -2.94. The highest BCUT2D eigenvalue weighted by atomic mass is 16.5. The number of carbonyl (C=O) groups excluding carboxylic acids is 2. The number of carboxylic acid groups (broad SMARTS) is 1. The number of benzene rings is 1. The van der Waals surface area contributed by atoms with Crippen molar-refractivity contribution in [2.45, 2.75) is 0 Å². The van der Waals surface area contributed by atoms with Crippen molar-refractivity contribution in [2.24, 2.45) is 0 Å². The summed E-state index contributed by atoms with van der Waals surface area (Å²) in [5.41, 5.74) is -0.316. The molecule has 26 heavy (non-hydrogen) atoms. The number of esters is 2. The highest BCUT2D eigenvalue weighted by Crippen LogP contribution is 2.30. The van der Waals surface area contributed by atoms with E-state index in [1.807, 2.05) is 6.07 Å². The molecule has 1 N–H and O–H groups in total. The molecule has 8 heteroatoms. The fraction of sp³-hybridized carbons (Fsp3) is 0.111. The van der Waals surface area contributed by atoms with Crippen LogP contribution in [0, 0.1) is 11.3 Å². The number of anilines is 1. The van der Waals surface area contributed by atoms with Gasteiger partial charge in [0.25, 0.3) is 0 Å². The number of rotatable bonds is 4. The van der Waals surface area contributed by atoms with Gasteiger partial charge in [-0.3, -0.25) is 0 Å². The lowest BCUT2D eigenvalue weighted by molar-refractivity contribution is -0.139. The van der Waals surface area contributed by atoms with Crippen LogP contribution in [0.25, 0.3) is 0 Å². The molecule has 1 heterocycles. The Kier molecular flexibility index (Phi) is 5.55. The number of methoxy groups -OCH3 is 2. The van der Waals surface area contributed by atoms with Gasteiger partial charge in [-0.1, -0.05) is 6.08 Å². The maximum Gasteiger partial charge on any atom is 0.355 e. The first-order valence-electron chi connectivity index (χ1n) is 7.27. The molecule has 1 aliphatic rings. The second-order valence-corrected chi connectivity index (χ2v) is 4.96. The van der Waals surface area contributed by atoms with Gasteiger partial charge >= 0.3 is 17.9 Å². The fourth-order valence-electron chi connectivity index (χ4n) is 2.33. The van der Waals surface area contributed by atoms with Crippen molar-refractivity contribution >= 4 is 23.6 Å². The zero-order valence-corrected chi connectivity index (χ0v) is 13.9. The number of nitrogens with zero attached hydrogens (tertiary/aromatic N) is 2. The quantitative estimate of drug-likeness (QED) is 0.813. The highest BCUT2D eigenvalue weighted by molar-refractivity contribution is 6.07. The maximum absolute atomic E-state index is 12.4. The second kappa shape index (κ2) is 7.81. The van der Waals surface area contributed by atoms with Crippen LogP contribution in [0.2, 0.25) is 0 Å². The SMILES string of the molecule is COC(=O)C1=C(C(=O)OC)N(c2cc(C#N)ccc2C(=O)O)C=CC=C1. The predicted molar refractivity (Wildman–Crippen MR) is 89.9 cm³/mol. The summed E-state index contributed by atoms with van der Waals surface area (Å²) in [6, 6.07) is 5.80. The molecular weight excluding hydrogens is 340 g/mol. The normalized spacial score (nSPS) is 13.0. The van der Waals surface area contributed by atoms with Crippen molar-refractivity contribution < 1.29 is 29.0 Å². The summed E-state index contributed by atoms with van der Waals surface area (Å²) < 4.78 is 9.45. The Balaban J connectivity index is 2.81. The minimum atomic E-state index is -1.26. The van der Waals surface area contributed by atoms with Crippen molar-refractivity contribution in [1.29, 1.82) is 5.26 Å². The lowest BCUT2D eigenvalue weighted by Crippen LogP contribution is -2.28. The third-order valence-corrected chi connectivity index (χ3v) is 3.51. The molecule has 1 aromatic carbocycles. The van der Waals surface area contributed by atoms with Crippen LogP contribution < -0.4 is 4.90 Å². The molecule has 8 nitrogen and oxygen atoms in total. The molecule has 0 unspecified atom stereocenters. The van der Waals surface area contributed by atoms with Gasteiger partial charge in [0.15, 0.2) is 0 Å². The van der Waals surface area contributed by atoms with E-state index < -0.39 is 17.9 Å². The van der Waals surface area contributed by atoms with Gasteiger partial charge < -0.3 is 19.5 Å². The molecule has 132 valence electrons. The maximum atomic E-state index is 12.4. The minimum absolute atomic E-state index is 0.0262. The smallest absolute Gasteiger partial charge is 0.355 e. The fourth-order valence-corrected chi connectivity index (χ4v) is 2.33. The highest BCUT2D eigenvalue weighted by Gasteiger charge is 2.29. The van der Waals surface area contributed by atoms with E-state index in [4.69, 9.17) is 14.7 Å². The van der Waals surface area contributed by atoms with Crippen LogP contribution in [-0.2, 0) is 19.1 Å². The first-order chi connectivity index (χ1) is 12.4. The average molecular weight is 354 g/mol. The number of hydrogen-bond donors (Lipinski definition) is 1. The van der Waals surface area contributed by atoms with Gasteiger partial charge in [-0.05, 0) is 30.4 Å². The number of nitriles is 1. The molecule has 2 rings (SSSR count). The van der Waals surface area contributed by atoms with Crippen molar-refractivity contribution in [3.8, 4) is 6.07 Å². The van der Waals surface area contributed by atoms with Crippen molar-refractivity contribution in [2.75, 3.05) is 19.1 Å². The number of ether oxygens (including phenoxy) is 2. The monoisotopic (exact) mass is 354 g/mol. The molecule has 0 radical (unpaired) electrons. The van der Waals surface area contributed by atoms with Crippen molar-refractivity contribution in [3.63, 3.8) is 0 Å². The molecular formula is C18H14N2O6. The van der Waals surface area contributed by atoms with E-state index in [0.29, 0.717) is 0 Å². The molecule has 0 aliphatic carbocycles. The van der Waals surface area contributed by atoms with Gasteiger partial charge in [-0.15, -0.1) is 0 Å². The Morgan fingerprint density at radius 3 is 2.38 bits per heavy atom. The van der Waals surface area contributed by atoms with E-state index in [1.54, 1.807) is 0 Å². The Bertz CT molecular complexity index is 905. The largest absolute Gasteiger partial charge is 0.478 e. The van der Waals surface area contributed by atoms with Gasteiger partial charge in [0.1, 0.15) is 5.70 Å². The molecule has 0 atom stereocenters. The van der Waals surface area contributed by atoms with Gasteiger partial charge in [-0.2, -0.15) is 5.26 Å². The predicted octanol–water partition coefficient (Wildman–Crippen LogP) is 1.75. The number of allylic oxidation sites excluding steroid dienone is 2. The summed E-state index contributed by atoms with van der Waals surface area (Å²) in [7, 11) is 2.28. The summed E-state index contributed by atoms with van der Waals surface area (Å²) in [5, 5.41) is 18.6. The molecule has 0 fully saturated rings. The van der Waals surface area contributed by atoms with Crippen LogP contribution in [0.3, 0.4) is 0 Å². The van der Waals surface area contributed by atoms with Crippen LogP contribution in [0.15, 0.2) is 53.9 Å². The first kappa shape index (κ1) is 18.5. The third kappa shape index (κ3) is 3.47. The van der Waals surface area contributed by atoms with Crippen LogP contribution in [0.4, 0.5) is 5.69 Å². The summed E-state index contributed by atoms with van der Waals surface area (Å²) in [6.45, 7) is 0. The molecule has 1 aromatic rings. The molecule has 0 bridgehead atoms. The van der Waals surface area contributed by atoms with E-state index in [-0.39, 0.29) is 28.1 Å². The third-order valence-electron chi connectivity index (χ3n) is 3.51. The van der Waals surface area contributed by atoms with Crippen LogP contribution in [-0.4, -0.2) is 37.2 Å². The van der Waals surface area contributed by atoms with Crippen molar-refractivity contribution in [3.05, 3.63) is 65.0 Å². The topological polar surface area (TPSA) is 117 Å². The molecule has 0 amide bonds. The van der Waals surface area contributed by atoms with E-state index in [9.17, 15) is 19.5 Å². The van der Waals surface area contributed by atoms with Gasteiger partial charge in [-0.25, -0.2) is 14.4 Å². The second-order valence-electron chi connectivity index (χ2n) is 4.96. The molecule has 0 saturated heterocycles. The molecule has 1 aliphatic heterocycles. The average Bonchev–Trinajstić information content (AvgIpc) is 2.88. The first-order valence-corrected chi connectivity index (χ1v) is 7.27. The zero-order valence-electron chi connectivity index (χ0n) is 13.9. The lowest BCUT2D eigenvalue weighted by atomic mass is 10.1. The Hall–Kier alpha value is -3.86. The van der Waals surface area contributed by atoms with E-state index in [0.717, 1.165) is 14.2 Å². The van der Waals surface area contributed by atoms with Gasteiger partial charge in [0, 0.05) is 6.20 Å². The molecule has 0 spiro atoms. The number of hydrogen-bond acceptors (Lipinski definition) is 7. The van der Waals surface area contributed by atoms with Crippen LogP contribution >= 0.6 is 0 Å². The van der Waals surface area contributed by atoms with Crippen LogP contribution in [0.5, 0.6) is 0 Å². The summed E-state index contributed by atoms with van der Waals surface area (Å²) in [6.07, 6.45) is 5.73. The van der Waals surface area contributed by atoms with E-state index in [1.165, 1.54) is 47.5 Å². The van der Waals surface area contributed by atoms with Crippen molar-refractivity contribution in [1.82, 2.24) is 0 Å².